The number of likely N-dealkylation sites (N-methyl/N-ethyl adjacent to an activating group) is 2. The lowest BCUT2D eigenvalue weighted by molar-refractivity contribution is -0.201. The van der Waals surface area contributed by atoms with Gasteiger partial charge >= 0.3 is 0 Å². The molecule has 2 heterocycles. The molecular formula is C18H24ClN3O3. The molecule has 0 bridgehead atoms. The van der Waals surface area contributed by atoms with Gasteiger partial charge in [-0.25, -0.2) is 0 Å². The Bertz CT molecular complexity index is 643. The second-order valence-electron chi connectivity index (χ2n) is 6.92. The van der Waals surface area contributed by atoms with E-state index in [0.29, 0.717) is 44.1 Å². The van der Waals surface area contributed by atoms with Crippen molar-refractivity contribution in [3.63, 3.8) is 0 Å². The monoisotopic (exact) mass is 365 g/mol. The molecule has 0 aliphatic carbocycles. The quantitative estimate of drug-likeness (QED) is 0.862. The molecule has 2 aliphatic heterocycles. The molecule has 1 aromatic carbocycles. The van der Waals surface area contributed by atoms with E-state index in [9.17, 15) is 9.59 Å². The molecular weight excluding hydrogens is 342 g/mol. The van der Waals surface area contributed by atoms with Crippen LogP contribution in [-0.2, 0) is 20.7 Å². The number of rotatable bonds is 4. The van der Waals surface area contributed by atoms with Gasteiger partial charge in [0.05, 0.1) is 19.7 Å². The van der Waals surface area contributed by atoms with E-state index in [1.54, 1.807) is 7.05 Å². The number of nitrogens with one attached hydrogen (secondary N) is 1. The number of likely N-dealkylation sites (tertiary alicyclic amines) is 1. The number of carbonyl (C=O) groups is 2. The van der Waals surface area contributed by atoms with Crippen LogP contribution in [-0.4, -0.2) is 73.6 Å². The predicted molar refractivity (Wildman–Crippen MR) is 95.5 cm³/mol. The van der Waals surface area contributed by atoms with E-state index in [0.717, 1.165) is 5.56 Å². The van der Waals surface area contributed by atoms with Gasteiger partial charge in [0, 0.05) is 25.0 Å². The maximum absolute atomic E-state index is 12.4. The molecule has 2 saturated heterocycles. The Balaban J connectivity index is 1.46. The van der Waals surface area contributed by atoms with Crippen LogP contribution in [0.2, 0.25) is 5.02 Å². The van der Waals surface area contributed by atoms with Crippen molar-refractivity contribution < 1.29 is 14.3 Å². The summed E-state index contributed by atoms with van der Waals surface area (Å²) in [5.41, 5.74) is 0.782. The lowest BCUT2D eigenvalue weighted by atomic mass is 9.90. The Morgan fingerprint density at radius 2 is 1.96 bits per heavy atom. The molecule has 1 aromatic rings. The van der Waals surface area contributed by atoms with Gasteiger partial charge in [-0.15, -0.1) is 0 Å². The highest BCUT2D eigenvalue weighted by molar-refractivity contribution is 6.30. The lowest BCUT2D eigenvalue weighted by Gasteiger charge is -2.54. The smallest absolute Gasteiger partial charge is 0.239 e. The number of hydrogen-bond donors (Lipinski definition) is 1. The van der Waals surface area contributed by atoms with Crippen LogP contribution in [0.15, 0.2) is 24.3 Å². The molecule has 3 rings (SSSR count). The van der Waals surface area contributed by atoms with E-state index in [2.05, 4.69) is 5.32 Å². The Morgan fingerprint density at radius 3 is 2.56 bits per heavy atom. The molecule has 0 unspecified atom stereocenters. The standard InChI is InChI=1S/C18H24ClN3O3/c1-20-17(24)15-9-25-18(10-21(15)2)11-22(12-18)16(23)8-5-13-3-6-14(19)7-4-13/h3-4,6-7,15H,5,8-12H2,1-2H3,(H,20,24)/t15-/m1/s1. The Hall–Kier alpha value is -1.63. The summed E-state index contributed by atoms with van der Waals surface area (Å²) < 4.78 is 5.95. The Morgan fingerprint density at radius 1 is 1.28 bits per heavy atom. The molecule has 1 N–H and O–H groups in total. The molecule has 7 heteroatoms. The summed E-state index contributed by atoms with van der Waals surface area (Å²) in [6.45, 7) is 2.21. The highest BCUT2D eigenvalue weighted by Crippen LogP contribution is 2.31. The van der Waals surface area contributed by atoms with Gasteiger partial charge in [0.15, 0.2) is 0 Å². The highest BCUT2D eigenvalue weighted by atomic mass is 35.5. The number of morpholine rings is 1. The fourth-order valence-electron chi connectivity index (χ4n) is 3.51. The Labute approximate surface area is 153 Å². The second-order valence-corrected chi connectivity index (χ2v) is 7.35. The zero-order valence-corrected chi connectivity index (χ0v) is 15.4. The van der Waals surface area contributed by atoms with Crippen LogP contribution in [0, 0.1) is 0 Å². The molecule has 136 valence electrons. The van der Waals surface area contributed by atoms with Crippen LogP contribution in [0.5, 0.6) is 0 Å². The van der Waals surface area contributed by atoms with Crippen molar-refractivity contribution >= 4 is 23.4 Å². The SMILES string of the molecule is CNC(=O)[C@H]1COC2(CN(C(=O)CCc3ccc(Cl)cc3)C2)CN1C. The van der Waals surface area contributed by atoms with Crippen LogP contribution >= 0.6 is 11.6 Å². The Kier molecular flexibility index (Phi) is 5.32. The first-order valence-electron chi connectivity index (χ1n) is 8.50. The molecule has 25 heavy (non-hydrogen) atoms. The maximum atomic E-state index is 12.4. The van der Waals surface area contributed by atoms with Gasteiger partial charge in [-0.2, -0.15) is 0 Å². The molecule has 2 amide bonds. The average Bonchev–Trinajstić information content (AvgIpc) is 2.58. The third kappa shape index (κ3) is 3.97. The number of aryl methyl sites for hydroxylation is 1. The van der Waals surface area contributed by atoms with Crippen molar-refractivity contribution in [3.05, 3.63) is 34.9 Å². The summed E-state index contributed by atoms with van der Waals surface area (Å²) in [6, 6.07) is 7.32. The first-order chi connectivity index (χ1) is 11.9. The van der Waals surface area contributed by atoms with E-state index < -0.39 is 0 Å². The lowest BCUT2D eigenvalue weighted by Crippen LogP contribution is -2.73. The number of hydrogen-bond acceptors (Lipinski definition) is 4. The largest absolute Gasteiger partial charge is 0.368 e. The molecule has 1 spiro atoms. The first-order valence-corrected chi connectivity index (χ1v) is 8.88. The minimum atomic E-state index is -0.324. The third-order valence-electron chi connectivity index (χ3n) is 5.02. The number of halogens is 1. The van der Waals surface area contributed by atoms with Gasteiger partial charge in [-0.1, -0.05) is 23.7 Å². The van der Waals surface area contributed by atoms with Crippen molar-refractivity contribution in [2.45, 2.75) is 24.5 Å². The fourth-order valence-corrected chi connectivity index (χ4v) is 3.64. The van der Waals surface area contributed by atoms with Gasteiger partial charge in [0.1, 0.15) is 11.6 Å². The summed E-state index contributed by atoms with van der Waals surface area (Å²) in [4.78, 5) is 28.0. The van der Waals surface area contributed by atoms with Gasteiger partial charge in [0.25, 0.3) is 0 Å². The van der Waals surface area contributed by atoms with E-state index in [-0.39, 0.29) is 23.5 Å². The highest BCUT2D eigenvalue weighted by Gasteiger charge is 2.50. The van der Waals surface area contributed by atoms with Crippen LogP contribution in [0.25, 0.3) is 0 Å². The molecule has 0 radical (unpaired) electrons. The third-order valence-corrected chi connectivity index (χ3v) is 5.27. The summed E-state index contributed by atoms with van der Waals surface area (Å²) in [6.07, 6.45) is 1.19. The zero-order valence-electron chi connectivity index (χ0n) is 14.6. The fraction of sp³-hybridized carbons (Fsp3) is 0.556. The van der Waals surface area contributed by atoms with Crippen molar-refractivity contribution in [2.75, 3.05) is 40.3 Å². The van der Waals surface area contributed by atoms with Gasteiger partial charge in [-0.05, 0) is 31.2 Å². The molecule has 0 saturated carbocycles. The number of nitrogens with zero attached hydrogens (tertiary/aromatic N) is 2. The van der Waals surface area contributed by atoms with Crippen LogP contribution < -0.4 is 5.32 Å². The number of amides is 2. The topological polar surface area (TPSA) is 61.9 Å². The first kappa shape index (κ1) is 18.2. The van der Waals surface area contributed by atoms with Gasteiger partial charge < -0.3 is 15.0 Å². The molecule has 1 atom stereocenters. The van der Waals surface area contributed by atoms with Crippen molar-refractivity contribution in [3.8, 4) is 0 Å². The van der Waals surface area contributed by atoms with Crippen LogP contribution in [0.3, 0.4) is 0 Å². The average molecular weight is 366 g/mol. The van der Waals surface area contributed by atoms with E-state index in [1.807, 2.05) is 41.1 Å². The molecule has 0 aromatic heterocycles. The van der Waals surface area contributed by atoms with Crippen LogP contribution in [0.4, 0.5) is 0 Å². The summed E-state index contributed by atoms with van der Waals surface area (Å²) in [5.74, 6) is 0.104. The summed E-state index contributed by atoms with van der Waals surface area (Å²) in [7, 11) is 3.56. The van der Waals surface area contributed by atoms with E-state index in [1.165, 1.54) is 0 Å². The number of benzene rings is 1. The van der Waals surface area contributed by atoms with Gasteiger partial charge in [-0.3, -0.25) is 14.5 Å². The van der Waals surface area contributed by atoms with Crippen molar-refractivity contribution in [2.24, 2.45) is 0 Å². The number of ether oxygens (including phenoxy) is 1. The van der Waals surface area contributed by atoms with E-state index in [4.69, 9.17) is 16.3 Å². The maximum Gasteiger partial charge on any atom is 0.239 e. The van der Waals surface area contributed by atoms with Crippen molar-refractivity contribution in [1.29, 1.82) is 0 Å². The van der Waals surface area contributed by atoms with Crippen molar-refractivity contribution in [1.82, 2.24) is 15.1 Å². The molecule has 2 fully saturated rings. The minimum absolute atomic E-state index is 0.0347. The predicted octanol–water partition coefficient (Wildman–Crippen LogP) is 0.930. The second kappa shape index (κ2) is 7.32. The van der Waals surface area contributed by atoms with Gasteiger partial charge in [0.2, 0.25) is 11.8 Å². The zero-order chi connectivity index (χ0) is 18.0. The molecule has 2 aliphatic rings. The van der Waals surface area contributed by atoms with Crippen LogP contribution in [0.1, 0.15) is 12.0 Å². The summed E-state index contributed by atoms with van der Waals surface area (Å²) >= 11 is 5.87. The minimum Gasteiger partial charge on any atom is -0.368 e. The van der Waals surface area contributed by atoms with E-state index >= 15 is 0 Å². The summed E-state index contributed by atoms with van der Waals surface area (Å²) in [5, 5.41) is 3.36. The molecule has 6 nitrogen and oxygen atoms in total. The normalized spacial score (nSPS) is 22.5. The number of carbonyl (C=O) groups excluding carboxylic acids is 2.